The number of halogens is 1. The topological polar surface area (TPSA) is 75.7 Å². The Labute approximate surface area is 126 Å². The Bertz CT molecular complexity index is 758. The summed E-state index contributed by atoms with van der Waals surface area (Å²) in [5, 5.41) is 11.0. The third-order valence-corrected chi connectivity index (χ3v) is 3.12. The van der Waals surface area contributed by atoms with Gasteiger partial charge in [0, 0.05) is 6.54 Å². The van der Waals surface area contributed by atoms with Gasteiger partial charge >= 0.3 is 0 Å². The predicted octanol–water partition coefficient (Wildman–Crippen LogP) is 3.02. The van der Waals surface area contributed by atoms with Crippen LogP contribution >= 0.6 is 11.6 Å². The average molecular weight is 304 g/mol. The normalized spacial score (nSPS) is 10.8. The Balaban J connectivity index is 1.80. The maximum Gasteiger partial charge on any atom is 0.226 e. The molecule has 0 saturated heterocycles. The lowest BCUT2D eigenvalue weighted by molar-refractivity contribution is 0.340. The van der Waals surface area contributed by atoms with E-state index in [0.717, 1.165) is 16.7 Å². The van der Waals surface area contributed by atoms with E-state index < -0.39 is 0 Å². The second kappa shape index (κ2) is 5.97. The highest BCUT2D eigenvalue weighted by Gasteiger charge is 2.08. The number of aromatic nitrogens is 4. The first kappa shape index (κ1) is 13.6. The molecule has 21 heavy (non-hydrogen) atoms. The number of benzene rings is 1. The fourth-order valence-electron chi connectivity index (χ4n) is 2.04. The van der Waals surface area contributed by atoms with Crippen LogP contribution in [0.5, 0.6) is 5.75 Å². The fourth-order valence-corrected chi connectivity index (χ4v) is 2.21. The SMILES string of the molecule is CCOc1cccc(CNc2nc(Cl)nc3[nH]ncc23)c1. The number of rotatable bonds is 5. The molecular formula is C14H14ClN5O. The van der Waals surface area contributed by atoms with Crippen LogP contribution in [0.4, 0.5) is 5.82 Å². The smallest absolute Gasteiger partial charge is 0.226 e. The maximum absolute atomic E-state index is 5.90. The second-order valence-corrected chi connectivity index (χ2v) is 4.75. The minimum Gasteiger partial charge on any atom is -0.494 e. The van der Waals surface area contributed by atoms with Crippen LogP contribution in [0.1, 0.15) is 12.5 Å². The van der Waals surface area contributed by atoms with E-state index in [4.69, 9.17) is 16.3 Å². The summed E-state index contributed by atoms with van der Waals surface area (Å²) in [6.07, 6.45) is 1.67. The molecule has 3 aromatic rings. The molecule has 0 aliphatic carbocycles. The van der Waals surface area contributed by atoms with Crippen LogP contribution in [0.2, 0.25) is 5.28 Å². The summed E-state index contributed by atoms with van der Waals surface area (Å²) >= 11 is 5.90. The molecule has 108 valence electrons. The largest absolute Gasteiger partial charge is 0.494 e. The van der Waals surface area contributed by atoms with E-state index in [1.165, 1.54) is 0 Å². The van der Waals surface area contributed by atoms with Gasteiger partial charge in [0.05, 0.1) is 18.2 Å². The molecule has 0 bridgehead atoms. The molecule has 0 fully saturated rings. The van der Waals surface area contributed by atoms with Gasteiger partial charge in [0.1, 0.15) is 11.6 Å². The van der Waals surface area contributed by atoms with E-state index in [1.54, 1.807) is 6.20 Å². The Hall–Kier alpha value is -2.34. The van der Waals surface area contributed by atoms with E-state index in [1.807, 2.05) is 31.2 Å². The number of H-pyrrole nitrogens is 1. The van der Waals surface area contributed by atoms with E-state index in [2.05, 4.69) is 25.5 Å². The number of ether oxygens (including phenoxy) is 1. The summed E-state index contributed by atoms with van der Waals surface area (Å²) in [6, 6.07) is 7.90. The number of aromatic amines is 1. The van der Waals surface area contributed by atoms with Crippen LogP contribution in [0.25, 0.3) is 11.0 Å². The van der Waals surface area contributed by atoms with Crippen LogP contribution in [0, 0.1) is 0 Å². The van der Waals surface area contributed by atoms with Gasteiger partial charge in [-0.1, -0.05) is 12.1 Å². The van der Waals surface area contributed by atoms with Gasteiger partial charge in [-0.2, -0.15) is 15.1 Å². The molecule has 6 nitrogen and oxygen atoms in total. The van der Waals surface area contributed by atoms with Crippen molar-refractivity contribution < 1.29 is 4.74 Å². The zero-order valence-corrected chi connectivity index (χ0v) is 12.2. The van der Waals surface area contributed by atoms with Gasteiger partial charge in [0.15, 0.2) is 5.65 Å². The highest BCUT2D eigenvalue weighted by molar-refractivity contribution is 6.28. The van der Waals surface area contributed by atoms with Gasteiger partial charge in [0.2, 0.25) is 5.28 Å². The molecule has 3 rings (SSSR count). The minimum absolute atomic E-state index is 0.178. The summed E-state index contributed by atoms with van der Waals surface area (Å²) in [5.74, 6) is 1.51. The lowest BCUT2D eigenvalue weighted by atomic mass is 10.2. The molecule has 2 aromatic heterocycles. The molecule has 0 amide bonds. The predicted molar refractivity (Wildman–Crippen MR) is 81.6 cm³/mol. The average Bonchev–Trinajstić information content (AvgIpc) is 2.93. The molecule has 0 saturated carbocycles. The first-order chi connectivity index (χ1) is 10.3. The van der Waals surface area contributed by atoms with Gasteiger partial charge in [-0.25, -0.2) is 0 Å². The third-order valence-electron chi connectivity index (χ3n) is 2.95. The fraction of sp³-hybridized carbons (Fsp3) is 0.214. The maximum atomic E-state index is 5.90. The lowest BCUT2D eigenvalue weighted by Crippen LogP contribution is -2.03. The van der Waals surface area contributed by atoms with Gasteiger partial charge in [-0.05, 0) is 36.2 Å². The standard InChI is InChI=1S/C14H14ClN5O/c1-2-21-10-5-3-4-9(6-10)7-16-12-11-8-17-20-13(11)19-14(15)18-12/h3-6,8H,2,7H2,1H3,(H2,16,17,18,19,20). The second-order valence-electron chi connectivity index (χ2n) is 4.41. The van der Waals surface area contributed by atoms with Crippen LogP contribution < -0.4 is 10.1 Å². The van der Waals surface area contributed by atoms with Crippen LogP contribution in [-0.4, -0.2) is 26.8 Å². The number of hydrogen-bond donors (Lipinski definition) is 2. The van der Waals surface area contributed by atoms with E-state index in [-0.39, 0.29) is 5.28 Å². The van der Waals surface area contributed by atoms with Crippen LogP contribution in [0.3, 0.4) is 0 Å². The molecule has 1 aromatic carbocycles. The molecular weight excluding hydrogens is 290 g/mol. The quantitative estimate of drug-likeness (QED) is 0.709. The minimum atomic E-state index is 0.178. The van der Waals surface area contributed by atoms with Crippen molar-refractivity contribution in [1.29, 1.82) is 0 Å². The Morgan fingerprint density at radius 2 is 2.24 bits per heavy atom. The van der Waals surface area contributed by atoms with Gasteiger partial charge < -0.3 is 10.1 Å². The van der Waals surface area contributed by atoms with Crippen LogP contribution in [-0.2, 0) is 6.54 Å². The number of anilines is 1. The monoisotopic (exact) mass is 303 g/mol. The van der Waals surface area contributed by atoms with Crippen molar-refractivity contribution in [3.8, 4) is 5.75 Å². The van der Waals surface area contributed by atoms with Crippen molar-refractivity contribution in [2.45, 2.75) is 13.5 Å². The Morgan fingerprint density at radius 1 is 1.33 bits per heavy atom. The zero-order chi connectivity index (χ0) is 14.7. The first-order valence-corrected chi connectivity index (χ1v) is 6.96. The summed E-state index contributed by atoms with van der Waals surface area (Å²) in [6.45, 7) is 3.21. The summed E-state index contributed by atoms with van der Waals surface area (Å²) in [5.41, 5.74) is 1.70. The third kappa shape index (κ3) is 3.05. The molecule has 0 atom stereocenters. The number of fused-ring (bicyclic) bond motifs is 1. The van der Waals surface area contributed by atoms with Crippen molar-refractivity contribution in [1.82, 2.24) is 20.2 Å². The summed E-state index contributed by atoms with van der Waals surface area (Å²) in [7, 11) is 0. The summed E-state index contributed by atoms with van der Waals surface area (Å²) < 4.78 is 5.49. The highest BCUT2D eigenvalue weighted by Crippen LogP contribution is 2.21. The van der Waals surface area contributed by atoms with Gasteiger partial charge in [0.25, 0.3) is 0 Å². The number of nitrogens with one attached hydrogen (secondary N) is 2. The Kier molecular flexibility index (Phi) is 3.87. The van der Waals surface area contributed by atoms with Crippen molar-refractivity contribution >= 4 is 28.5 Å². The molecule has 2 N–H and O–H groups in total. The molecule has 7 heteroatoms. The van der Waals surface area contributed by atoms with Gasteiger partial charge in [-0.3, -0.25) is 5.10 Å². The van der Waals surface area contributed by atoms with E-state index in [0.29, 0.717) is 24.6 Å². The van der Waals surface area contributed by atoms with Crippen molar-refractivity contribution in [3.05, 3.63) is 41.3 Å². The molecule has 2 heterocycles. The van der Waals surface area contributed by atoms with Crippen molar-refractivity contribution in [2.24, 2.45) is 0 Å². The first-order valence-electron chi connectivity index (χ1n) is 6.58. The van der Waals surface area contributed by atoms with Crippen LogP contribution in [0.15, 0.2) is 30.5 Å². The van der Waals surface area contributed by atoms with E-state index >= 15 is 0 Å². The van der Waals surface area contributed by atoms with Crippen molar-refractivity contribution in [3.63, 3.8) is 0 Å². The summed E-state index contributed by atoms with van der Waals surface area (Å²) in [4.78, 5) is 8.27. The highest BCUT2D eigenvalue weighted by atomic mass is 35.5. The molecule has 0 aliphatic rings. The Morgan fingerprint density at radius 3 is 3.10 bits per heavy atom. The lowest BCUT2D eigenvalue weighted by Gasteiger charge is -2.09. The number of nitrogens with zero attached hydrogens (tertiary/aromatic N) is 3. The van der Waals surface area contributed by atoms with Crippen molar-refractivity contribution in [2.75, 3.05) is 11.9 Å². The molecule has 0 unspecified atom stereocenters. The number of hydrogen-bond acceptors (Lipinski definition) is 5. The molecule has 0 radical (unpaired) electrons. The zero-order valence-electron chi connectivity index (χ0n) is 11.4. The molecule has 0 spiro atoms. The molecule has 0 aliphatic heterocycles. The van der Waals surface area contributed by atoms with Gasteiger partial charge in [-0.15, -0.1) is 0 Å². The van der Waals surface area contributed by atoms with E-state index in [9.17, 15) is 0 Å².